The quantitative estimate of drug-likeness (QED) is 0.822. The number of hydrogen-bond acceptors (Lipinski definition) is 2. The van der Waals surface area contributed by atoms with Gasteiger partial charge in [-0.15, -0.1) is 0 Å². The van der Waals surface area contributed by atoms with E-state index in [1.54, 1.807) is 45.3 Å². The molecule has 1 aromatic carbocycles. The SMILES string of the molecule is C[C@@H](NC(=O)c1ccccc1)C(=O)N(C)C. The zero-order valence-electron chi connectivity index (χ0n) is 9.73. The molecule has 1 aromatic rings. The molecule has 0 bridgehead atoms. The van der Waals surface area contributed by atoms with Crippen molar-refractivity contribution in [2.45, 2.75) is 13.0 Å². The lowest BCUT2D eigenvalue weighted by Gasteiger charge is -2.17. The molecule has 0 aromatic heterocycles. The van der Waals surface area contributed by atoms with Crippen LogP contribution < -0.4 is 5.32 Å². The Morgan fingerprint density at radius 3 is 2.25 bits per heavy atom. The van der Waals surface area contributed by atoms with Crippen molar-refractivity contribution in [3.05, 3.63) is 35.9 Å². The van der Waals surface area contributed by atoms with Crippen molar-refractivity contribution in [1.82, 2.24) is 10.2 Å². The van der Waals surface area contributed by atoms with Crippen molar-refractivity contribution in [2.24, 2.45) is 0 Å². The monoisotopic (exact) mass is 220 g/mol. The number of carbonyl (C=O) groups excluding carboxylic acids is 2. The predicted molar refractivity (Wildman–Crippen MR) is 62.1 cm³/mol. The van der Waals surface area contributed by atoms with E-state index >= 15 is 0 Å². The second-order valence-electron chi connectivity index (χ2n) is 3.79. The lowest BCUT2D eigenvalue weighted by molar-refractivity contribution is -0.130. The first-order valence-corrected chi connectivity index (χ1v) is 5.09. The number of nitrogens with zero attached hydrogens (tertiary/aromatic N) is 1. The molecule has 4 nitrogen and oxygen atoms in total. The van der Waals surface area contributed by atoms with E-state index in [1.807, 2.05) is 6.07 Å². The minimum atomic E-state index is -0.511. The van der Waals surface area contributed by atoms with Crippen LogP contribution in [0, 0.1) is 0 Å². The number of nitrogens with one attached hydrogen (secondary N) is 1. The standard InChI is InChI=1S/C12H16N2O2/c1-9(12(16)14(2)3)13-11(15)10-7-5-4-6-8-10/h4-9H,1-3H3,(H,13,15)/t9-/m1/s1. The van der Waals surface area contributed by atoms with Crippen LogP contribution in [-0.4, -0.2) is 36.9 Å². The van der Waals surface area contributed by atoms with Crippen LogP contribution in [0.1, 0.15) is 17.3 Å². The van der Waals surface area contributed by atoms with E-state index in [-0.39, 0.29) is 11.8 Å². The van der Waals surface area contributed by atoms with Gasteiger partial charge in [-0.3, -0.25) is 9.59 Å². The lowest BCUT2D eigenvalue weighted by atomic mass is 10.2. The maximum atomic E-state index is 11.7. The summed E-state index contributed by atoms with van der Waals surface area (Å²) in [5.74, 6) is -0.354. The molecule has 0 heterocycles. The summed E-state index contributed by atoms with van der Waals surface area (Å²) < 4.78 is 0. The number of carbonyl (C=O) groups is 2. The van der Waals surface area contributed by atoms with Gasteiger partial charge in [0.25, 0.3) is 5.91 Å². The Kier molecular flexibility index (Phi) is 4.05. The predicted octanol–water partition coefficient (Wildman–Crippen LogP) is 0.893. The molecule has 1 atom stereocenters. The highest BCUT2D eigenvalue weighted by molar-refractivity contribution is 5.97. The molecule has 0 aliphatic heterocycles. The minimum Gasteiger partial charge on any atom is -0.347 e. The topological polar surface area (TPSA) is 49.4 Å². The van der Waals surface area contributed by atoms with Crippen LogP contribution in [0.15, 0.2) is 30.3 Å². The van der Waals surface area contributed by atoms with Gasteiger partial charge in [-0.25, -0.2) is 0 Å². The average Bonchev–Trinajstić information content (AvgIpc) is 2.28. The molecule has 1 N–H and O–H groups in total. The molecule has 16 heavy (non-hydrogen) atoms. The van der Waals surface area contributed by atoms with Crippen LogP contribution in [-0.2, 0) is 4.79 Å². The molecular formula is C12H16N2O2. The fourth-order valence-corrected chi connectivity index (χ4v) is 1.32. The van der Waals surface area contributed by atoms with Crippen LogP contribution in [0.2, 0.25) is 0 Å². The zero-order chi connectivity index (χ0) is 12.1. The molecule has 0 saturated carbocycles. The fraction of sp³-hybridized carbons (Fsp3) is 0.333. The van der Waals surface area contributed by atoms with Crippen LogP contribution in [0.25, 0.3) is 0 Å². The Bertz CT molecular complexity index is 374. The van der Waals surface area contributed by atoms with Gasteiger partial charge < -0.3 is 10.2 Å². The van der Waals surface area contributed by atoms with Gasteiger partial charge in [0.05, 0.1) is 0 Å². The van der Waals surface area contributed by atoms with Crippen molar-refractivity contribution in [1.29, 1.82) is 0 Å². The largest absolute Gasteiger partial charge is 0.347 e. The highest BCUT2D eigenvalue weighted by atomic mass is 16.2. The van der Waals surface area contributed by atoms with E-state index in [2.05, 4.69) is 5.32 Å². The number of hydrogen-bond donors (Lipinski definition) is 1. The van der Waals surface area contributed by atoms with E-state index in [0.29, 0.717) is 5.56 Å². The van der Waals surface area contributed by atoms with Crippen LogP contribution >= 0.6 is 0 Å². The van der Waals surface area contributed by atoms with Crippen LogP contribution in [0.4, 0.5) is 0 Å². The molecule has 0 radical (unpaired) electrons. The van der Waals surface area contributed by atoms with Crippen molar-refractivity contribution in [3.63, 3.8) is 0 Å². The molecule has 0 unspecified atom stereocenters. The number of likely N-dealkylation sites (N-methyl/N-ethyl adjacent to an activating group) is 1. The van der Waals surface area contributed by atoms with Gasteiger partial charge in [-0.2, -0.15) is 0 Å². The Morgan fingerprint density at radius 2 is 1.75 bits per heavy atom. The molecule has 0 spiro atoms. The molecule has 0 saturated heterocycles. The Morgan fingerprint density at radius 1 is 1.19 bits per heavy atom. The average molecular weight is 220 g/mol. The summed E-state index contributed by atoms with van der Waals surface area (Å²) in [6.07, 6.45) is 0. The first-order valence-electron chi connectivity index (χ1n) is 5.09. The summed E-state index contributed by atoms with van der Waals surface area (Å²) >= 11 is 0. The number of benzene rings is 1. The van der Waals surface area contributed by atoms with E-state index in [1.165, 1.54) is 4.90 Å². The molecule has 0 fully saturated rings. The molecule has 0 aliphatic rings. The van der Waals surface area contributed by atoms with Crippen molar-refractivity contribution in [3.8, 4) is 0 Å². The van der Waals surface area contributed by atoms with Crippen LogP contribution in [0.5, 0.6) is 0 Å². The fourth-order valence-electron chi connectivity index (χ4n) is 1.32. The smallest absolute Gasteiger partial charge is 0.251 e. The highest BCUT2D eigenvalue weighted by Crippen LogP contribution is 1.99. The van der Waals surface area contributed by atoms with Gasteiger partial charge in [0.2, 0.25) is 5.91 Å². The van der Waals surface area contributed by atoms with Crippen molar-refractivity contribution in [2.75, 3.05) is 14.1 Å². The third-order valence-corrected chi connectivity index (χ3v) is 2.19. The summed E-state index contributed by atoms with van der Waals surface area (Å²) in [6.45, 7) is 1.67. The van der Waals surface area contributed by atoms with Gasteiger partial charge in [0.15, 0.2) is 0 Å². The first kappa shape index (κ1) is 12.2. The normalized spacial score (nSPS) is 11.7. The molecule has 86 valence electrons. The van der Waals surface area contributed by atoms with Gasteiger partial charge in [0, 0.05) is 19.7 Å². The first-order chi connectivity index (χ1) is 7.52. The van der Waals surface area contributed by atoms with Gasteiger partial charge in [-0.05, 0) is 19.1 Å². The molecule has 0 aliphatic carbocycles. The molecule has 2 amide bonds. The van der Waals surface area contributed by atoms with E-state index in [4.69, 9.17) is 0 Å². The number of amides is 2. The Hall–Kier alpha value is -1.84. The molecular weight excluding hydrogens is 204 g/mol. The zero-order valence-corrected chi connectivity index (χ0v) is 9.73. The van der Waals surface area contributed by atoms with Gasteiger partial charge >= 0.3 is 0 Å². The summed E-state index contributed by atoms with van der Waals surface area (Å²) in [6, 6.07) is 8.32. The van der Waals surface area contributed by atoms with E-state index in [9.17, 15) is 9.59 Å². The highest BCUT2D eigenvalue weighted by Gasteiger charge is 2.17. The van der Waals surface area contributed by atoms with Crippen molar-refractivity contribution < 1.29 is 9.59 Å². The summed E-state index contributed by atoms with van der Waals surface area (Å²) in [7, 11) is 3.32. The molecule has 1 rings (SSSR count). The van der Waals surface area contributed by atoms with Crippen molar-refractivity contribution >= 4 is 11.8 Å². The van der Waals surface area contributed by atoms with Crippen LogP contribution in [0.3, 0.4) is 0 Å². The van der Waals surface area contributed by atoms with Gasteiger partial charge in [0.1, 0.15) is 6.04 Å². The second kappa shape index (κ2) is 5.30. The second-order valence-corrected chi connectivity index (χ2v) is 3.79. The maximum Gasteiger partial charge on any atom is 0.251 e. The summed E-state index contributed by atoms with van der Waals surface area (Å²) in [5, 5.41) is 2.65. The number of rotatable bonds is 3. The van der Waals surface area contributed by atoms with E-state index < -0.39 is 6.04 Å². The Balaban J connectivity index is 2.62. The Labute approximate surface area is 95.3 Å². The maximum absolute atomic E-state index is 11.7. The third kappa shape index (κ3) is 3.08. The summed E-state index contributed by atoms with van der Waals surface area (Å²) in [5.41, 5.74) is 0.556. The van der Waals surface area contributed by atoms with Gasteiger partial charge in [-0.1, -0.05) is 18.2 Å². The minimum absolute atomic E-state index is 0.121. The van der Waals surface area contributed by atoms with E-state index in [0.717, 1.165) is 0 Å². The molecule has 4 heteroatoms. The third-order valence-electron chi connectivity index (χ3n) is 2.19. The lowest BCUT2D eigenvalue weighted by Crippen LogP contribution is -2.44. The summed E-state index contributed by atoms with van der Waals surface area (Å²) in [4.78, 5) is 24.7.